The minimum atomic E-state index is -0.602. The summed E-state index contributed by atoms with van der Waals surface area (Å²) in [5.74, 6) is -0.322. The van der Waals surface area contributed by atoms with Crippen molar-refractivity contribution in [3.63, 3.8) is 0 Å². The molecule has 1 aliphatic heterocycles. The largest absolute Gasteiger partial charge is 0.375 e. The highest BCUT2D eigenvalue weighted by atomic mass is 16.5. The number of ether oxygens (including phenoxy) is 1. The number of rotatable bonds is 6. The van der Waals surface area contributed by atoms with Gasteiger partial charge in [-0.25, -0.2) is 0 Å². The summed E-state index contributed by atoms with van der Waals surface area (Å²) in [6.45, 7) is 3.22. The third kappa shape index (κ3) is 4.42. The van der Waals surface area contributed by atoms with E-state index in [0.29, 0.717) is 32.4 Å². The number of piperidine rings is 1. The fourth-order valence-corrected chi connectivity index (χ4v) is 3.94. The maximum Gasteiger partial charge on any atom is 0.248 e. The van der Waals surface area contributed by atoms with Gasteiger partial charge in [0.1, 0.15) is 6.61 Å². The topological polar surface area (TPSA) is 72.6 Å². The highest BCUT2D eigenvalue weighted by Crippen LogP contribution is 2.35. The van der Waals surface area contributed by atoms with Crippen LogP contribution < -0.4 is 5.73 Å². The van der Waals surface area contributed by atoms with E-state index in [4.69, 9.17) is 10.5 Å². The molecule has 148 valence electrons. The van der Waals surface area contributed by atoms with E-state index in [-0.39, 0.29) is 18.4 Å². The molecule has 0 saturated carbocycles. The number of carbonyl (C=O) groups is 2. The second-order valence-corrected chi connectivity index (χ2v) is 7.70. The van der Waals surface area contributed by atoms with E-state index >= 15 is 0 Å². The van der Waals surface area contributed by atoms with Gasteiger partial charge in [-0.3, -0.25) is 9.59 Å². The van der Waals surface area contributed by atoms with Gasteiger partial charge in [-0.2, -0.15) is 0 Å². The van der Waals surface area contributed by atoms with Crippen LogP contribution in [0.15, 0.2) is 48.5 Å². The molecule has 5 heteroatoms. The number of amides is 2. The Morgan fingerprint density at radius 3 is 2.32 bits per heavy atom. The molecule has 0 unspecified atom stereocenters. The molecule has 0 spiro atoms. The van der Waals surface area contributed by atoms with E-state index in [1.807, 2.05) is 0 Å². The number of likely N-dealkylation sites (tertiary alicyclic amines) is 1. The summed E-state index contributed by atoms with van der Waals surface area (Å²) < 4.78 is 4.92. The van der Waals surface area contributed by atoms with Crippen LogP contribution in [0, 0.1) is 12.3 Å². The monoisotopic (exact) mass is 380 g/mol. The molecular formula is C23H28N2O3. The molecular weight excluding hydrogens is 352 g/mol. The molecule has 1 fully saturated rings. The molecule has 2 aromatic rings. The van der Waals surface area contributed by atoms with E-state index < -0.39 is 5.41 Å². The number of benzene rings is 2. The van der Waals surface area contributed by atoms with Crippen LogP contribution in [-0.4, -0.2) is 43.5 Å². The number of nitrogens with zero attached hydrogens (tertiary/aromatic N) is 1. The van der Waals surface area contributed by atoms with Crippen LogP contribution in [-0.2, 0) is 20.7 Å². The van der Waals surface area contributed by atoms with Crippen molar-refractivity contribution in [3.05, 3.63) is 59.7 Å². The van der Waals surface area contributed by atoms with Crippen LogP contribution in [0.2, 0.25) is 0 Å². The standard InChI is InChI=1S/C23H28N2O3/c1-17-4-3-5-20(14-17)19-8-6-18(7-9-19)15-23(22(24)27)10-12-25(13-11-23)21(26)16-28-2/h3-9,14H,10-13,15-16H2,1-2H3,(H2,24,27). The van der Waals surface area contributed by atoms with Crippen LogP contribution in [0.5, 0.6) is 0 Å². The molecule has 0 aliphatic carbocycles. The molecule has 0 aromatic heterocycles. The second kappa shape index (κ2) is 8.57. The predicted molar refractivity (Wildman–Crippen MR) is 110 cm³/mol. The number of hydrogen-bond acceptors (Lipinski definition) is 3. The minimum Gasteiger partial charge on any atom is -0.375 e. The van der Waals surface area contributed by atoms with Crippen LogP contribution in [0.3, 0.4) is 0 Å². The van der Waals surface area contributed by atoms with Gasteiger partial charge in [-0.15, -0.1) is 0 Å². The lowest BCUT2D eigenvalue weighted by Crippen LogP contribution is -2.50. The number of primary amides is 1. The fraction of sp³-hybridized carbons (Fsp3) is 0.391. The molecule has 0 bridgehead atoms. The van der Waals surface area contributed by atoms with Gasteiger partial charge in [-0.1, -0.05) is 54.1 Å². The van der Waals surface area contributed by atoms with Crippen molar-refractivity contribution < 1.29 is 14.3 Å². The van der Waals surface area contributed by atoms with Gasteiger partial charge >= 0.3 is 0 Å². The van der Waals surface area contributed by atoms with Gasteiger partial charge in [0.25, 0.3) is 0 Å². The van der Waals surface area contributed by atoms with Crippen LogP contribution >= 0.6 is 0 Å². The Balaban J connectivity index is 1.71. The Morgan fingerprint density at radius 1 is 1.07 bits per heavy atom. The first kappa shape index (κ1) is 20.1. The molecule has 2 amide bonds. The molecule has 1 heterocycles. The van der Waals surface area contributed by atoms with Gasteiger partial charge in [0.2, 0.25) is 11.8 Å². The lowest BCUT2D eigenvalue weighted by atomic mass is 9.73. The van der Waals surface area contributed by atoms with Crippen molar-refractivity contribution in [2.45, 2.75) is 26.2 Å². The van der Waals surface area contributed by atoms with Gasteiger partial charge in [0.05, 0.1) is 5.41 Å². The minimum absolute atomic E-state index is 0.0388. The SMILES string of the molecule is COCC(=O)N1CCC(Cc2ccc(-c3cccc(C)c3)cc2)(C(N)=O)CC1. The Labute approximate surface area is 166 Å². The Morgan fingerprint density at radius 2 is 1.75 bits per heavy atom. The van der Waals surface area contributed by atoms with E-state index in [1.165, 1.54) is 18.2 Å². The van der Waals surface area contributed by atoms with Crippen molar-refractivity contribution in [1.82, 2.24) is 4.90 Å². The van der Waals surface area contributed by atoms with Gasteiger partial charge in [0.15, 0.2) is 0 Å². The van der Waals surface area contributed by atoms with Crippen molar-refractivity contribution in [3.8, 4) is 11.1 Å². The summed E-state index contributed by atoms with van der Waals surface area (Å²) in [6.07, 6.45) is 1.76. The van der Waals surface area contributed by atoms with E-state index in [1.54, 1.807) is 4.90 Å². The smallest absolute Gasteiger partial charge is 0.248 e. The first-order valence-corrected chi connectivity index (χ1v) is 9.66. The van der Waals surface area contributed by atoms with Crippen LogP contribution in [0.1, 0.15) is 24.0 Å². The summed E-state index contributed by atoms with van der Waals surface area (Å²) in [5.41, 5.74) is 9.85. The maximum absolute atomic E-state index is 12.3. The first-order chi connectivity index (χ1) is 13.4. The third-order valence-electron chi connectivity index (χ3n) is 5.71. The Hall–Kier alpha value is -2.66. The summed E-state index contributed by atoms with van der Waals surface area (Å²) in [7, 11) is 1.51. The summed E-state index contributed by atoms with van der Waals surface area (Å²) >= 11 is 0. The molecule has 1 aliphatic rings. The Kier molecular flexibility index (Phi) is 6.15. The zero-order valence-corrected chi connectivity index (χ0v) is 16.6. The average molecular weight is 380 g/mol. The van der Waals surface area contributed by atoms with E-state index in [9.17, 15) is 9.59 Å². The summed E-state index contributed by atoms with van der Waals surface area (Å²) in [6, 6.07) is 16.7. The van der Waals surface area contributed by atoms with Crippen molar-refractivity contribution in [1.29, 1.82) is 0 Å². The number of aryl methyl sites for hydroxylation is 1. The normalized spacial score (nSPS) is 16.0. The van der Waals surface area contributed by atoms with Gasteiger partial charge < -0.3 is 15.4 Å². The van der Waals surface area contributed by atoms with E-state index in [0.717, 1.165) is 11.1 Å². The van der Waals surface area contributed by atoms with Crippen molar-refractivity contribution in [2.24, 2.45) is 11.1 Å². The maximum atomic E-state index is 12.3. The fourth-order valence-electron chi connectivity index (χ4n) is 3.94. The molecule has 0 atom stereocenters. The second-order valence-electron chi connectivity index (χ2n) is 7.70. The number of nitrogens with two attached hydrogens (primary N) is 1. The highest BCUT2D eigenvalue weighted by molar-refractivity contribution is 5.82. The van der Waals surface area contributed by atoms with E-state index in [2.05, 4.69) is 55.5 Å². The molecule has 0 radical (unpaired) electrons. The zero-order valence-electron chi connectivity index (χ0n) is 16.6. The summed E-state index contributed by atoms with van der Waals surface area (Å²) in [5, 5.41) is 0. The molecule has 2 aromatic carbocycles. The van der Waals surface area contributed by atoms with Gasteiger partial charge in [-0.05, 0) is 42.9 Å². The number of carbonyl (C=O) groups excluding carboxylic acids is 2. The zero-order chi connectivity index (χ0) is 20.1. The predicted octanol–water partition coefficient (Wildman–Crippen LogP) is 2.95. The molecule has 3 rings (SSSR count). The number of methoxy groups -OCH3 is 1. The molecule has 5 nitrogen and oxygen atoms in total. The quantitative estimate of drug-likeness (QED) is 0.837. The Bertz CT molecular complexity index is 837. The average Bonchev–Trinajstić information content (AvgIpc) is 2.69. The van der Waals surface area contributed by atoms with Crippen molar-refractivity contribution in [2.75, 3.05) is 26.8 Å². The highest BCUT2D eigenvalue weighted by Gasteiger charge is 2.40. The van der Waals surface area contributed by atoms with Crippen molar-refractivity contribution >= 4 is 11.8 Å². The lowest BCUT2D eigenvalue weighted by Gasteiger charge is -2.39. The van der Waals surface area contributed by atoms with Crippen LogP contribution in [0.4, 0.5) is 0 Å². The number of hydrogen-bond donors (Lipinski definition) is 1. The molecule has 2 N–H and O–H groups in total. The lowest BCUT2D eigenvalue weighted by molar-refractivity contribution is -0.141. The summed E-state index contributed by atoms with van der Waals surface area (Å²) in [4.78, 5) is 26.1. The van der Waals surface area contributed by atoms with Gasteiger partial charge in [0, 0.05) is 20.2 Å². The molecule has 1 saturated heterocycles. The molecule has 28 heavy (non-hydrogen) atoms. The third-order valence-corrected chi connectivity index (χ3v) is 5.71. The van der Waals surface area contributed by atoms with Crippen LogP contribution in [0.25, 0.3) is 11.1 Å². The first-order valence-electron chi connectivity index (χ1n) is 9.66.